The van der Waals surface area contributed by atoms with Gasteiger partial charge in [0.25, 0.3) is 0 Å². The molecule has 43 heavy (non-hydrogen) atoms. The van der Waals surface area contributed by atoms with Crippen LogP contribution >= 0.6 is 11.8 Å². The van der Waals surface area contributed by atoms with E-state index in [1.165, 1.54) is 59.2 Å². The molecule has 2 amide bonds. The molecule has 1 saturated heterocycles. The van der Waals surface area contributed by atoms with Gasteiger partial charge < -0.3 is 15.0 Å². The van der Waals surface area contributed by atoms with Gasteiger partial charge >= 0.3 is 12.4 Å². The van der Waals surface area contributed by atoms with Crippen molar-refractivity contribution in [1.82, 2.24) is 20.1 Å². The fourth-order valence-electron chi connectivity index (χ4n) is 4.38. The normalized spacial score (nSPS) is 15.0. The second kappa shape index (κ2) is 13.1. The van der Waals surface area contributed by atoms with Gasteiger partial charge in [-0.3, -0.25) is 0 Å². The number of carbonyl (C=O) groups is 1. The maximum atomic E-state index is 14.9. The number of aromatic nitrogens is 3. The van der Waals surface area contributed by atoms with Crippen molar-refractivity contribution in [3.63, 3.8) is 0 Å². The molecule has 1 aromatic heterocycles. The minimum Gasteiger partial charge on any atom is -0.406 e. The van der Waals surface area contributed by atoms with Crippen molar-refractivity contribution in [1.29, 1.82) is 0 Å². The Morgan fingerprint density at radius 3 is 2.56 bits per heavy atom. The number of hydrogen-bond acceptors (Lipinski definition) is 5. The molecule has 13 heteroatoms. The third-order valence-corrected chi connectivity index (χ3v) is 7.48. The first kappa shape index (κ1) is 29.8. The number of nitrogens with zero attached hydrogens (tertiary/aromatic N) is 5. The largest absolute Gasteiger partial charge is 0.573 e. The Bertz CT molecular complexity index is 1640. The van der Waals surface area contributed by atoms with Gasteiger partial charge in [-0.15, -0.1) is 18.3 Å². The lowest BCUT2D eigenvalue weighted by Crippen LogP contribution is -2.36. The topological polar surface area (TPSA) is 84.6 Å². The van der Waals surface area contributed by atoms with Gasteiger partial charge in [0.05, 0.1) is 5.69 Å². The van der Waals surface area contributed by atoms with Crippen molar-refractivity contribution in [3.05, 3.63) is 96.5 Å². The van der Waals surface area contributed by atoms with Crippen LogP contribution in [-0.4, -0.2) is 44.6 Å². The summed E-state index contributed by atoms with van der Waals surface area (Å²) in [5, 5.41) is 7.32. The van der Waals surface area contributed by atoms with Crippen LogP contribution in [0.5, 0.6) is 5.75 Å². The molecule has 0 radical (unpaired) electrons. The Morgan fingerprint density at radius 2 is 1.84 bits per heavy atom. The average Bonchev–Trinajstić information content (AvgIpc) is 3.50. The summed E-state index contributed by atoms with van der Waals surface area (Å²) in [5.41, 5.74) is 3.45. The lowest BCUT2D eigenvalue weighted by molar-refractivity contribution is -0.274. The number of anilines is 1. The molecule has 0 bridgehead atoms. The van der Waals surface area contributed by atoms with Gasteiger partial charge in [-0.05, 0) is 48.7 Å². The number of alkyl halides is 3. The van der Waals surface area contributed by atoms with E-state index in [0.717, 1.165) is 42.6 Å². The summed E-state index contributed by atoms with van der Waals surface area (Å²) < 4.78 is 57.3. The van der Waals surface area contributed by atoms with E-state index in [1.54, 1.807) is 12.1 Å². The maximum absolute atomic E-state index is 14.9. The van der Waals surface area contributed by atoms with Crippen LogP contribution in [0.15, 0.2) is 90.3 Å². The summed E-state index contributed by atoms with van der Waals surface area (Å²) in [6, 6.07) is 18.8. The number of aliphatic imine (C=N–C) groups is 1. The molecule has 0 spiro atoms. The highest BCUT2D eigenvalue weighted by Crippen LogP contribution is 2.29. The average molecular weight is 611 g/mol. The zero-order chi connectivity index (χ0) is 30.4. The molecule has 2 heterocycles. The van der Waals surface area contributed by atoms with Gasteiger partial charge in [0, 0.05) is 35.3 Å². The Kier molecular flexibility index (Phi) is 9.10. The molecular formula is C30H26F4N6O2S. The maximum Gasteiger partial charge on any atom is 0.573 e. The number of halogens is 4. The van der Waals surface area contributed by atoms with Crippen molar-refractivity contribution in [3.8, 4) is 22.8 Å². The molecule has 1 N–H and O–H groups in total. The van der Waals surface area contributed by atoms with Crippen LogP contribution in [0.4, 0.5) is 28.0 Å². The van der Waals surface area contributed by atoms with Crippen molar-refractivity contribution < 1.29 is 27.1 Å². The highest BCUT2D eigenvalue weighted by atomic mass is 32.2. The Labute approximate surface area is 249 Å². The molecular weight excluding hydrogens is 584 g/mol. The molecule has 0 unspecified atom stereocenters. The molecule has 1 aliphatic heterocycles. The summed E-state index contributed by atoms with van der Waals surface area (Å²) in [7, 11) is 0. The number of rotatable bonds is 7. The molecule has 0 saturated carbocycles. The molecule has 8 nitrogen and oxygen atoms in total. The fraction of sp³-hybridized carbons (Fsp3) is 0.200. The van der Waals surface area contributed by atoms with E-state index < -0.39 is 18.2 Å². The van der Waals surface area contributed by atoms with Crippen molar-refractivity contribution in [2.45, 2.75) is 26.1 Å². The van der Waals surface area contributed by atoms with E-state index in [0.29, 0.717) is 22.2 Å². The number of thioether (sulfide) groups is 1. The smallest absolute Gasteiger partial charge is 0.406 e. The standard InChI is InChI=1S/C30H26F4N6O2S/c1-2-20-6-3-4-7-26(20)39-16-5-17-43-29(39)37-28(41)35-18-25(31)21-8-10-22(11-9-21)27-36-19-40(38-27)23-12-14-24(15-13-23)42-30(32,33)34/h3-4,6-15,18-19H,2,5,16-17H2,1H3,(H,35,41)/b25-18-,37-29-. The van der Waals surface area contributed by atoms with E-state index in [4.69, 9.17) is 0 Å². The Morgan fingerprint density at radius 1 is 1.09 bits per heavy atom. The third-order valence-electron chi connectivity index (χ3n) is 6.42. The number of amides is 2. The number of ether oxygens (including phenoxy) is 1. The lowest BCUT2D eigenvalue weighted by atomic mass is 10.1. The summed E-state index contributed by atoms with van der Waals surface area (Å²) in [4.78, 5) is 23.0. The monoisotopic (exact) mass is 610 g/mol. The molecule has 1 aliphatic rings. The van der Waals surface area contributed by atoms with Crippen molar-refractivity contribution in [2.75, 3.05) is 17.2 Å². The highest BCUT2D eigenvalue weighted by Gasteiger charge is 2.31. The number of benzene rings is 3. The van der Waals surface area contributed by atoms with Crippen LogP contribution in [0.1, 0.15) is 24.5 Å². The SMILES string of the molecule is CCc1ccccc1N1CCCS/C1=N\C(=O)N/C=C(\F)c1ccc(-c2ncn(-c3ccc(OC(F)(F)F)cc3)n2)cc1. The number of urea groups is 1. The molecule has 0 atom stereocenters. The third kappa shape index (κ3) is 7.60. The zero-order valence-corrected chi connectivity index (χ0v) is 23.7. The molecule has 5 rings (SSSR count). The summed E-state index contributed by atoms with van der Waals surface area (Å²) in [5.74, 6) is 0.154. The van der Waals surface area contributed by atoms with Gasteiger partial charge in [-0.25, -0.2) is 18.9 Å². The van der Waals surface area contributed by atoms with Gasteiger partial charge in [0.15, 0.2) is 11.0 Å². The predicted molar refractivity (Wildman–Crippen MR) is 159 cm³/mol. The van der Waals surface area contributed by atoms with E-state index in [9.17, 15) is 22.4 Å². The second-order valence-corrected chi connectivity index (χ2v) is 10.4. The fourth-order valence-corrected chi connectivity index (χ4v) is 5.32. The van der Waals surface area contributed by atoms with Crippen LogP contribution in [-0.2, 0) is 6.42 Å². The van der Waals surface area contributed by atoms with E-state index >= 15 is 0 Å². The van der Waals surface area contributed by atoms with Crippen LogP contribution in [0.25, 0.3) is 22.9 Å². The van der Waals surface area contributed by atoms with Crippen molar-refractivity contribution in [2.24, 2.45) is 4.99 Å². The summed E-state index contributed by atoms with van der Waals surface area (Å²) >= 11 is 1.49. The van der Waals surface area contributed by atoms with Gasteiger partial charge in [0.2, 0.25) is 0 Å². The van der Waals surface area contributed by atoms with E-state index in [2.05, 4.69) is 38.1 Å². The zero-order valence-electron chi connectivity index (χ0n) is 22.9. The highest BCUT2D eigenvalue weighted by molar-refractivity contribution is 8.14. The number of amidine groups is 1. The first-order valence-corrected chi connectivity index (χ1v) is 14.3. The number of aryl methyl sites for hydroxylation is 1. The Balaban J connectivity index is 1.23. The predicted octanol–water partition coefficient (Wildman–Crippen LogP) is 7.37. The van der Waals surface area contributed by atoms with Gasteiger partial charge in [-0.1, -0.05) is 61.2 Å². The van der Waals surface area contributed by atoms with Gasteiger partial charge in [-0.2, -0.15) is 4.99 Å². The summed E-state index contributed by atoms with van der Waals surface area (Å²) in [6.45, 7) is 2.81. The molecule has 3 aromatic carbocycles. The van der Waals surface area contributed by atoms with Crippen LogP contribution in [0.2, 0.25) is 0 Å². The van der Waals surface area contributed by atoms with Crippen LogP contribution in [0.3, 0.4) is 0 Å². The number of hydrogen-bond donors (Lipinski definition) is 1. The number of nitrogens with one attached hydrogen (secondary N) is 1. The molecule has 0 aliphatic carbocycles. The quantitative estimate of drug-likeness (QED) is 0.220. The number of carbonyl (C=O) groups excluding carboxylic acids is 1. The van der Waals surface area contributed by atoms with E-state index in [1.807, 2.05) is 23.1 Å². The van der Waals surface area contributed by atoms with E-state index in [-0.39, 0.29) is 11.3 Å². The molecule has 1 fully saturated rings. The van der Waals surface area contributed by atoms with Crippen molar-refractivity contribution >= 4 is 34.5 Å². The Hall–Kier alpha value is -4.65. The van der Waals surface area contributed by atoms with Crippen LogP contribution in [0, 0.1) is 0 Å². The first-order valence-electron chi connectivity index (χ1n) is 13.3. The van der Waals surface area contributed by atoms with Crippen LogP contribution < -0.4 is 15.0 Å². The lowest BCUT2D eigenvalue weighted by Gasteiger charge is -2.31. The number of para-hydroxylation sites is 1. The minimum absolute atomic E-state index is 0.224. The molecule has 222 valence electrons. The summed E-state index contributed by atoms with van der Waals surface area (Å²) in [6.07, 6.45) is -0.595. The minimum atomic E-state index is -4.78. The van der Waals surface area contributed by atoms with Gasteiger partial charge in [0.1, 0.15) is 17.9 Å². The second-order valence-electron chi connectivity index (χ2n) is 9.30. The first-order chi connectivity index (χ1) is 20.7. The molecule has 4 aromatic rings.